The number of anilines is 1. The number of nitrogens with one attached hydrogen (secondary N) is 1. The van der Waals surface area contributed by atoms with Crippen molar-refractivity contribution in [2.24, 2.45) is 7.05 Å². The molecule has 1 amide bonds. The summed E-state index contributed by atoms with van der Waals surface area (Å²) in [4.78, 5) is 24.4. The molecule has 24 heavy (non-hydrogen) atoms. The summed E-state index contributed by atoms with van der Waals surface area (Å²) in [6.45, 7) is 1.92. The first kappa shape index (κ1) is 16.0. The van der Waals surface area contributed by atoms with Crippen molar-refractivity contribution >= 4 is 22.6 Å². The minimum Gasteiger partial charge on any atom is -0.326 e. The largest absolute Gasteiger partial charge is 0.328 e. The third kappa shape index (κ3) is 2.95. The van der Waals surface area contributed by atoms with Crippen molar-refractivity contribution in [3.8, 4) is 0 Å². The van der Waals surface area contributed by atoms with Gasteiger partial charge in [0, 0.05) is 25.7 Å². The van der Waals surface area contributed by atoms with Crippen molar-refractivity contribution in [3.63, 3.8) is 0 Å². The molecule has 1 N–H and O–H groups in total. The molecule has 3 rings (SSSR count). The molecule has 0 radical (unpaired) electrons. The fraction of sp³-hybridized carbons (Fsp3) is 0.222. The Labute approximate surface area is 138 Å². The van der Waals surface area contributed by atoms with Crippen molar-refractivity contribution < 1.29 is 9.18 Å². The van der Waals surface area contributed by atoms with Gasteiger partial charge >= 0.3 is 5.69 Å². The number of imidazole rings is 1. The van der Waals surface area contributed by atoms with E-state index < -0.39 is 0 Å². The van der Waals surface area contributed by atoms with Gasteiger partial charge in [-0.1, -0.05) is 18.2 Å². The summed E-state index contributed by atoms with van der Waals surface area (Å²) in [5.74, 6) is -0.629. The average Bonchev–Trinajstić information content (AvgIpc) is 2.81. The van der Waals surface area contributed by atoms with Crippen LogP contribution in [0.5, 0.6) is 0 Å². The zero-order valence-electron chi connectivity index (χ0n) is 13.5. The van der Waals surface area contributed by atoms with E-state index in [1.54, 1.807) is 35.2 Å². The van der Waals surface area contributed by atoms with E-state index >= 15 is 0 Å². The molecule has 124 valence electrons. The van der Waals surface area contributed by atoms with Crippen LogP contribution in [0.3, 0.4) is 0 Å². The second-order valence-corrected chi connectivity index (χ2v) is 5.74. The molecule has 6 heteroatoms. The Morgan fingerprint density at radius 3 is 2.58 bits per heavy atom. The number of aromatic nitrogens is 2. The summed E-state index contributed by atoms with van der Waals surface area (Å²) in [5, 5.41) is 2.65. The van der Waals surface area contributed by atoms with Gasteiger partial charge in [0.2, 0.25) is 5.91 Å². The van der Waals surface area contributed by atoms with Crippen molar-refractivity contribution in [3.05, 3.63) is 64.3 Å². The topological polar surface area (TPSA) is 56.0 Å². The predicted molar refractivity (Wildman–Crippen MR) is 91.6 cm³/mol. The molecule has 5 nitrogen and oxygen atoms in total. The zero-order chi connectivity index (χ0) is 17.3. The molecule has 2 aromatic carbocycles. The van der Waals surface area contributed by atoms with Gasteiger partial charge in [-0.25, -0.2) is 9.18 Å². The first-order valence-electron chi connectivity index (χ1n) is 7.67. The first-order chi connectivity index (χ1) is 11.5. The highest BCUT2D eigenvalue weighted by Gasteiger charge is 2.11. The monoisotopic (exact) mass is 327 g/mol. The quantitative estimate of drug-likeness (QED) is 0.801. The smallest absolute Gasteiger partial charge is 0.326 e. The van der Waals surface area contributed by atoms with Crippen LogP contribution < -0.4 is 11.0 Å². The van der Waals surface area contributed by atoms with E-state index in [-0.39, 0.29) is 30.4 Å². The maximum atomic E-state index is 13.5. The normalized spacial score (nSPS) is 11.0. The number of carbonyl (C=O) groups is 1. The van der Waals surface area contributed by atoms with E-state index in [2.05, 4.69) is 5.32 Å². The van der Waals surface area contributed by atoms with Gasteiger partial charge in [-0.3, -0.25) is 13.9 Å². The molecule has 3 aromatic rings. The fourth-order valence-corrected chi connectivity index (χ4v) is 2.69. The Morgan fingerprint density at radius 2 is 1.88 bits per heavy atom. The molecular formula is C18H18FN3O2. The van der Waals surface area contributed by atoms with E-state index in [9.17, 15) is 14.0 Å². The molecule has 0 saturated heterocycles. The molecule has 0 fully saturated rings. The third-order valence-electron chi connectivity index (χ3n) is 4.07. The van der Waals surface area contributed by atoms with Crippen LogP contribution in [-0.2, 0) is 18.4 Å². The maximum Gasteiger partial charge on any atom is 0.328 e. The number of hydrogen-bond acceptors (Lipinski definition) is 2. The second kappa shape index (κ2) is 6.31. The number of fused-ring (bicyclic) bond motifs is 1. The molecule has 0 unspecified atom stereocenters. The van der Waals surface area contributed by atoms with Gasteiger partial charge in [0.1, 0.15) is 5.82 Å². The minimum absolute atomic E-state index is 0.128. The summed E-state index contributed by atoms with van der Waals surface area (Å²) in [7, 11) is 1.70. The summed E-state index contributed by atoms with van der Waals surface area (Å²) >= 11 is 0. The number of aryl methyl sites for hydroxylation is 3. The molecule has 0 aliphatic heterocycles. The number of benzene rings is 2. The van der Waals surface area contributed by atoms with E-state index in [1.165, 1.54) is 6.07 Å². The molecule has 0 spiro atoms. The van der Waals surface area contributed by atoms with Gasteiger partial charge in [-0.05, 0) is 36.8 Å². The van der Waals surface area contributed by atoms with Crippen molar-refractivity contribution in [1.82, 2.24) is 9.13 Å². The van der Waals surface area contributed by atoms with Crippen LogP contribution in [0.15, 0.2) is 47.3 Å². The second-order valence-electron chi connectivity index (χ2n) is 5.74. The zero-order valence-corrected chi connectivity index (χ0v) is 13.5. The van der Waals surface area contributed by atoms with Gasteiger partial charge in [0.15, 0.2) is 0 Å². The van der Waals surface area contributed by atoms with Crippen molar-refractivity contribution in [2.45, 2.75) is 19.9 Å². The highest BCUT2D eigenvalue weighted by molar-refractivity contribution is 5.90. The lowest BCUT2D eigenvalue weighted by Crippen LogP contribution is -2.24. The number of carbonyl (C=O) groups excluding carboxylic acids is 1. The Morgan fingerprint density at radius 1 is 1.17 bits per heavy atom. The molecule has 0 saturated carbocycles. The lowest BCUT2D eigenvalue weighted by Gasteiger charge is -2.07. The standard InChI is InChI=1S/C18H18FN3O2/c1-12-7-8-13(11-14(12)19)20-17(23)9-10-22-16-6-4-3-5-15(16)21(2)18(22)24/h3-8,11H,9-10H2,1-2H3,(H,20,23). The number of halogens is 1. The van der Waals surface area contributed by atoms with Crippen molar-refractivity contribution in [2.75, 3.05) is 5.32 Å². The Bertz CT molecular complexity index is 972. The van der Waals surface area contributed by atoms with E-state index in [4.69, 9.17) is 0 Å². The predicted octanol–water partition coefficient (Wildman–Crippen LogP) is 2.82. The minimum atomic E-state index is -0.363. The van der Waals surface area contributed by atoms with Gasteiger partial charge in [0.05, 0.1) is 11.0 Å². The van der Waals surface area contributed by atoms with Gasteiger partial charge in [0.25, 0.3) is 0 Å². The molecule has 0 bridgehead atoms. The number of rotatable bonds is 4. The van der Waals surface area contributed by atoms with Crippen LogP contribution in [0.25, 0.3) is 11.0 Å². The van der Waals surface area contributed by atoms with Crippen LogP contribution in [0, 0.1) is 12.7 Å². The molecule has 1 heterocycles. The number of hydrogen-bond donors (Lipinski definition) is 1. The molecule has 0 atom stereocenters. The highest BCUT2D eigenvalue weighted by atomic mass is 19.1. The highest BCUT2D eigenvalue weighted by Crippen LogP contribution is 2.15. The van der Waals surface area contributed by atoms with Crippen LogP contribution in [0.4, 0.5) is 10.1 Å². The molecule has 0 aliphatic rings. The van der Waals surface area contributed by atoms with Gasteiger partial charge in [-0.2, -0.15) is 0 Å². The molecule has 1 aromatic heterocycles. The molecule has 0 aliphatic carbocycles. The Kier molecular flexibility index (Phi) is 4.20. The van der Waals surface area contributed by atoms with E-state index in [0.717, 1.165) is 11.0 Å². The lowest BCUT2D eigenvalue weighted by molar-refractivity contribution is -0.116. The summed E-state index contributed by atoms with van der Waals surface area (Å²) in [6.07, 6.45) is 0.128. The number of para-hydroxylation sites is 2. The number of nitrogens with zero attached hydrogens (tertiary/aromatic N) is 2. The van der Waals surface area contributed by atoms with Crippen LogP contribution in [-0.4, -0.2) is 15.0 Å². The Hall–Kier alpha value is -2.89. The SMILES string of the molecule is Cc1ccc(NC(=O)CCn2c(=O)n(C)c3ccccc32)cc1F. The van der Waals surface area contributed by atoms with E-state index in [1.807, 2.05) is 24.3 Å². The fourth-order valence-electron chi connectivity index (χ4n) is 2.69. The summed E-state index contributed by atoms with van der Waals surface area (Å²) in [6, 6.07) is 12.0. The lowest BCUT2D eigenvalue weighted by atomic mass is 10.2. The third-order valence-corrected chi connectivity index (χ3v) is 4.07. The van der Waals surface area contributed by atoms with Crippen molar-refractivity contribution in [1.29, 1.82) is 0 Å². The maximum absolute atomic E-state index is 13.5. The van der Waals surface area contributed by atoms with Gasteiger partial charge in [-0.15, -0.1) is 0 Å². The van der Waals surface area contributed by atoms with Crippen LogP contribution in [0.1, 0.15) is 12.0 Å². The van der Waals surface area contributed by atoms with Gasteiger partial charge < -0.3 is 5.32 Å². The molecular weight excluding hydrogens is 309 g/mol. The first-order valence-corrected chi connectivity index (χ1v) is 7.67. The van der Waals surface area contributed by atoms with Crippen LogP contribution in [0.2, 0.25) is 0 Å². The number of amides is 1. The summed E-state index contributed by atoms with van der Waals surface area (Å²) < 4.78 is 16.6. The van der Waals surface area contributed by atoms with E-state index in [0.29, 0.717) is 11.3 Å². The summed E-state index contributed by atoms with van der Waals surface area (Å²) in [5.41, 5.74) is 2.39. The average molecular weight is 327 g/mol. The Balaban J connectivity index is 1.74. The van der Waals surface area contributed by atoms with Crippen LogP contribution >= 0.6 is 0 Å².